The van der Waals surface area contributed by atoms with Crippen molar-refractivity contribution in [1.29, 1.82) is 0 Å². The Hall–Kier alpha value is -0.820. The van der Waals surface area contributed by atoms with E-state index in [1.165, 1.54) is 9.99 Å². The number of anilines is 1. The normalized spacial score (nSPS) is 11.3. The second kappa shape index (κ2) is 7.09. The van der Waals surface area contributed by atoms with Crippen LogP contribution in [0.4, 0.5) is 5.95 Å². The van der Waals surface area contributed by atoms with Crippen LogP contribution in [0.1, 0.15) is 26.2 Å². The Morgan fingerprint density at radius 2 is 2.11 bits per heavy atom. The van der Waals surface area contributed by atoms with Gasteiger partial charge in [0, 0.05) is 23.3 Å². The number of imidazole rings is 1. The molecule has 1 aromatic carbocycles. The average Bonchev–Trinajstić information content (AvgIpc) is 2.69. The van der Waals surface area contributed by atoms with Gasteiger partial charge in [-0.05, 0) is 53.6 Å². The van der Waals surface area contributed by atoms with Gasteiger partial charge in [-0.25, -0.2) is 4.98 Å². The Bertz CT molecular complexity index is 539. The van der Waals surface area contributed by atoms with E-state index in [2.05, 4.69) is 57.3 Å². The first kappa shape index (κ1) is 14.6. The molecule has 104 valence electrons. The molecule has 0 bridgehead atoms. The highest BCUT2D eigenvalue weighted by Crippen LogP contribution is 2.20. The second-order valence-electron chi connectivity index (χ2n) is 4.57. The number of benzene rings is 1. The van der Waals surface area contributed by atoms with Crippen molar-refractivity contribution in [2.45, 2.75) is 32.7 Å². The van der Waals surface area contributed by atoms with E-state index >= 15 is 0 Å². The maximum absolute atomic E-state index is 5.97. The third-order valence-electron chi connectivity index (χ3n) is 3.05. The smallest absolute Gasteiger partial charge is 0.201 e. The van der Waals surface area contributed by atoms with Crippen molar-refractivity contribution < 1.29 is 4.74 Å². The van der Waals surface area contributed by atoms with Crippen LogP contribution in [0, 0.1) is 3.57 Å². The monoisotopic (exact) mass is 373 g/mol. The molecular formula is C14H20IN3O. The van der Waals surface area contributed by atoms with Gasteiger partial charge >= 0.3 is 0 Å². The Morgan fingerprint density at radius 1 is 1.32 bits per heavy atom. The molecule has 5 heteroatoms. The number of nitrogens with zero attached hydrogens (tertiary/aromatic N) is 2. The largest absolute Gasteiger partial charge is 0.381 e. The van der Waals surface area contributed by atoms with Crippen LogP contribution in [-0.4, -0.2) is 22.8 Å². The number of nitrogen functional groups attached to an aromatic ring is 1. The van der Waals surface area contributed by atoms with Crippen molar-refractivity contribution in [3.63, 3.8) is 0 Å². The first-order chi connectivity index (χ1) is 9.22. The fourth-order valence-corrected chi connectivity index (χ4v) is 2.50. The molecule has 0 saturated heterocycles. The summed E-state index contributed by atoms with van der Waals surface area (Å²) in [5.74, 6) is 0.588. The van der Waals surface area contributed by atoms with E-state index in [0.29, 0.717) is 5.95 Å². The Morgan fingerprint density at radius 3 is 2.89 bits per heavy atom. The van der Waals surface area contributed by atoms with Crippen LogP contribution in [0.3, 0.4) is 0 Å². The van der Waals surface area contributed by atoms with Crippen molar-refractivity contribution >= 4 is 39.6 Å². The number of ether oxygens (including phenoxy) is 1. The van der Waals surface area contributed by atoms with E-state index in [4.69, 9.17) is 10.5 Å². The molecule has 1 heterocycles. The number of aryl methyl sites for hydroxylation is 1. The number of nitrogens with two attached hydrogens (primary N) is 1. The van der Waals surface area contributed by atoms with Crippen molar-refractivity contribution in [2.24, 2.45) is 0 Å². The highest BCUT2D eigenvalue weighted by atomic mass is 127. The minimum absolute atomic E-state index is 0.588. The molecule has 0 atom stereocenters. The van der Waals surface area contributed by atoms with Crippen LogP contribution in [-0.2, 0) is 11.3 Å². The van der Waals surface area contributed by atoms with Crippen LogP contribution < -0.4 is 5.73 Å². The summed E-state index contributed by atoms with van der Waals surface area (Å²) in [7, 11) is 0. The van der Waals surface area contributed by atoms with Crippen LogP contribution in [0.25, 0.3) is 11.0 Å². The van der Waals surface area contributed by atoms with Crippen LogP contribution in [0.2, 0.25) is 0 Å². The zero-order valence-corrected chi connectivity index (χ0v) is 13.4. The summed E-state index contributed by atoms with van der Waals surface area (Å²) in [5, 5.41) is 0. The summed E-state index contributed by atoms with van der Waals surface area (Å²) in [5.41, 5.74) is 8.05. The number of halogens is 1. The molecule has 2 rings (SSSR count). The van der Waals surface area contributed by atoms with Gasteiger partial charge in [-0.3, -0.25) is 0 Å². The summed E-state index contributed by atoms with van der Waals surface area (Å²) in [6, 6.07) is 6.22. The molecule has 2 N–H and O–H groups in total. The molecular weight excluding hydrogens is 353 g/mol. The van der Waals surface area contributed by atoms with Gasteiger partial charge in [0.25, 0.3) is 0 Å². The number of hydrogen-bond acceptors (Lipinski definition) is 3. The number of hydrogen-bond donors (Lipinski definition) is 1. The molecule has 0 aliphatic carbocycles. The van der Waals surface area contributed by atoms with Gasteiger partial charge in [0.1, 0.15) is 0 Å². The zero-order valence-electron chi connectivity index (χ0n) is 11.2. The Labute approximate surface area is 127 Å². The molecule has 0 unspecified atom stereocenters. The van der Waals surface area contributed by atoms with E-state index in [1.807, 2.05) is 0 Å². The topological polar surface area (TPSA) is 53.1 Å². The third kappa shape index (κ3) is 3.82. The van der Waals surface area contributed by atoms with E-state index in [9.17, 15) is 0 Å². The van der Waals surface area contributed by atoms with Crippen LogP contribution in [0.5, 0.6) is 0 Å². The number of aromatic nitrogens is 2. The minimum atomic E-state index is 0.588. The standard InChI is InChI=1S/C14H20IN3O/c1-2-3-8-19-9-4-7-18-13-6-5-11(15)10-12(13)17-14(18)16/h5-6,10H,2-4,7-9H2,1H3,(H2,16,17). The van der Waals surface area contributed by atoms with Crippen LogP contribution >= 0.6 is 22.6 Å². The molecule has 0 spiro atoms. The summed E-state index contributed by atoms with van der Waals surface area (Å²) < 4.78 is 8.81. The quantitative estimate of drug-likeness (QED) is 0.598. The minimum Gasteiger partial charge on any atom is -0.381 e. The molecule has 4 nitrogen and oxygen atoms in total. The number of rotatable bonds is 7. The van der Waals surface area contributed by atoms with Crippen molar-refractivity contribution in [1.82, 2.24) is 9.55 Å². The molecule has 1 aromatic heterocycles. The fraction of sp³-hybridized carbons (Fsp3) is 0.500. The van der Waals surface area contributed by atoms with Gasteiger partial charge < -0.3 is 15.0 Å². The first-order valence-electron chi connectivity index (χ1n) is 6.71. The van der Waals surface area contributed by atoms with Crippen molar-refractivity contribution in [2.75, 3.05) is 18.9 Å². The second-order valence-corrected chi connectivity index (χ2v) is 5.82. The molecule has 0 saturated carbocycles. The predicted molar refractivity (Wildman–Crippen MR) is 87.2 cm³/mol. The van der Waals surface area contributed by atoms with Crippen molar-refractivity contribution in [3.05, 3.63) is 21.8 Å². The zero-order chi connectivity index (χ0) is 13.7. The summed E-state index contributed by atoms with van der Waals surface area (Å²) in [6.45, 7) is 4.66. The predicted octanol–water partition coefficient (Wildman–Crippen LogP) is 3.43. The molecule has 19 heavy (non-hydrogen) atoms. The highest BCUT2D eigenvalue weighted by molar-refractivity contribution is 14.1. The number of unbranched alkanes of at least 4 members (excludes halogenated alkanes) is 1. The molecule has 0 fully saturated rings. The van der Waals surface area contributed by atoms with Gasteiger partial charge in [0.2, 0.25) is 5.95 Å². The lowest BCUT2D eigenvalue weighted by molar-refractivity contribution is 0.126. The Kier molecular flexibility index (Phi) is 5.45. The third-order valence-corrected chi connectivity index (χ3v) is 3.72. The van der Waals surface area contributed by atoms with E-state index in [0.717, 1.165) is 43.6 Å². The van der Waals surface area contributed by atoms with Gasteiger partial charge in [0.15, 0.2) is 0 Å². The summed E-state index contributed by atoms with van der Waals surface area (Å²) in [6.07, 6.45) is 3.28. The number of fused-ring (bicyclic) bond motifs is 1. The van der Waals surface area contributed by atoms with Gasteiger partial charge in [-0.1, -0.05) is 13.3 Å². The molecule has 0 aliphatic heterocycles. The molecule has 2 aromatic rings. The average molecular weight is 373 g/mol. The first-order valence-corrected chi connectivity index (χ1v) is 7.79. The van der Waals surface area contributed by atoms with E-state index < -0.39 is 0 Å². The highest BCUT2D eigenvalue weighted by Gasteiger charge is 2.07. The van der Waals surface area contributed by atoms with Gasteiger partial charge in [-0.15, -0.1) is 0 Å². The lowest BCUT2D eigenvalue weighted by Gasteiger charge is -2.07. The van der Waals surface area contributed by atoms with E-state index in [1.54, 1.807) is 0 Å². The lowest BCUT2D eigenvalue weighted by atomic mass is 10.3. The molecule has 0 radical (unpaired) electrons. The van der Waals surface area contributed by atoms with Crippen LogP contribution in [0.15, 0.2) is 18.2 Å². The maximum atomic E-state index is 5.97. The molecule has 0 amide bonds. The maximum Gasteiger partial charge on any atom is 0.201 e. The van der Waals surface area contributed by atoms with Gasteiger partial charge in [-0.2, -0.15) is 0 Å². The summed E-state index contributed by atoms with van der Waals surface area (Å²) in [4.78, 5) is 4.40. The molecule has 0 aliphatic rings. The van der Waals surface area contributed by atoms with Crippen molar-refractivity contribution in [3.8, 4) is 0 Å². The summed E-state index contributed by atoms with van der Waals surface area (Å²) >= 11 is 2.29. The lowest BCUT2D eigenvalue weighted by Crippen LogP contribution is -2.06. The van der Waals surface area contributed by atoms with Gasteiger partial charge in [0.05, 0.1) is 11.0 Å². The fourth-order valence-electron chi connectivity index (χ4n) is 2.03. The Balaban J connectivity index is 1.95. The SMILES string of the molecule is CCCCOCCCn1c(N)nc2cc(I)ccc21. The van der Waals surface area contributed by atoms with E-state index in [-0.39, 0.29) is 0 Å².